The van der Waals surface area contributed by atoms with E-state index in [-0.39, 0.29) is 24.0 Å². The summed E-state index contributed by atoms with van der Waals surface area (Å²) in [5, 5.41) is 3.46. The third kappa shape index (κ3) is 7.57. The molecule has 1 atom stereocenters. The number of nitrogens with one attached hydrogen (secondary N) is 1. The molecule has 1 unspecified atom stereocenters. The molecule has 2 fully saturated rings. The van der Waals surface area contributed by atoms with E-state index in [1.807, 2.05) is 6.07 Å². The molecular weight excluding hydrogens is 491 g/mol. The summed E-state index contributed by atoms with van der Waals surface area (Å²) >= 11 is 0. The van der Waals surface area contributed by atoms with Crippen molar-refractivity contribution in [2.75, 3.05) is 65.6 Å². The molecule has 0 aromatic heterocycles. The van der Waals surface area contributed by atoms with Crippen molar-refractivity contribution < 1.29 is 9.47 Å². The molecule has 2 aliphatic rings. The second-order valence-electron chi connectivity index (χ2n) is 8.29. The van der Waals surface area contributed by atoms with E-state index in [9.17, 15) is 0 Å². The molecule has 2 heterocycles. The zero-order valence-corrected chi connectivity index (χ0v) is 21.1. The van der Waals surface area contributed by atoms with Gasteiger partial charge in [0.2, 0.25) is 0 Å². The van der Waals surface area contributed by atoms with Gasteiger partial charge in [-0.05, 0) is 36.8 Å². The first kappa shape index (κ1) is 25.2. The van der Waals surface area contributed by atoms with Crippen LogP contribution in [-0.2, 0) is 4.74 Å². The molecule has 6 nitrogen and oxygen atoms in total. The van der Waals surface area contributed by atoms with Crippen LogP contribution in [0.4, 0.5) is 0 Å². The highest BCUT2D eigenvalue weighted by molar-refractivity contribution is 14.0. The summed E-state index contributed by atoms with van der Waals surface area (Å²) in [7, 11) is 0. The molecule has 0 amide bonds. The van der Waals surface area contributed by atoms with E-state index < -0.39 is 0 Å². The smallest absolute Gasteiger partial charge is 0.194 e. The van der Waals surface area contributed by atoms with Crippen LogP contribution in [0.2, 0.25) is 0 Å². The molecule has 2 saturated heterocycles. The van der Waals surface area contributed by atoms with Crippen LogP contribution in [-0.4, -0.2) is 81.4 Å². The number of guanidine groups is 1. The van der Waals surface area contributed by atoms with Crippen molar-refractivity contribution in [2.45, 2.75) is 33.1 Å². The lowest BCUT2D eigenvalue weighted by Crippen LogP contribution is -2.42. The Hall–Kier alpha value is -1.06. The maximum absolute atomic E-state index is 6.04. The Bertz CT molecular complexity index is 650. The summed E-state index contributed by atoms with van der Waals surface area (Å²) in [6.07, 6.45) is 1.24. The lowest BCUT2D eigenvalue weighted by atomic mass is 10.0. The third-order valence-corrected chi connectivity index (χ3v) is 5.69. The quantitative estimate of drug-likeness (QED) is 0.242. The second kappa shape index (κ2) is 13.4. The highest BCUT2D eigenvalue weighted by Crippen LogP contribution is 2.25. The molecule has 1 aromatic carbocycles. The van der Waals surface area contributed by atoms with Gasteiger partial charge in [-0.3, -0.25) is 4.90 Å². The molecule has 0 aliphatic carbocycles. The largest absolute Gasteiger partial charge is 0.491 e. The van der Waals surface area contributed by atoms with Crippen molar-refractivity contribution in [3.05, 3.63) is 29.8 Å². The number of hydrogen-bond donors (Lipinski definition) is 1. The van der Waals surface area contributed by atoms with Crippen LogP contribution in [0.3, 0.4) is 0 Å². The van der Waals surface area contributed by atoms with E-state index in [0.29, 0.717) is 25.0 Å². The van der Waals surface area contributed by atoms with Crippen LogP contribution in [0.1, 0.15) is 38.7 Å². The highest BCUT2D eigenvalue weighted by Gasteiger charge is 2.27. The normalized spacial score (nSPS) is 20.3. The molecule has 0 saturated carbocycles. The number of ether oxygens (including phenoxy) is 2. The van der Waals surface area contributed by atoms with Gasteiger partial charge in [-0.1, -0.05) is 32.0 Å². The number of hydrogen-bond acceptors (Lipinski definition) is 4. The predicted octanol–water partition coefficient (Wildman–Crippen LogP) is 3.43. The minimum absolute atomic E-state index is 0. The molecule has 0 bridgehead atoms. The molecule has 1 aromatic rings. The monoisotopic (exact) mass is 530 g/mol. The van der Waals surface area contributed by atoms with Crippen molar-refractivity contribution in [2.24, 2.45) is 10.9 Å². The van der Waals surface area contributed by atoms with E-state index >= 15 is 0 Å². The predicted molar refractivity (Wildman–Crippen MR) is 134 cm³/mol. The van der Waals surface area contributed by atoms with E-state index in [0.717, 1.165) is 57.6 Å². The summed E-state index contributed by atoms with van der Waals surface area (Å²) in [6, 6.07) is 8.31. The van der Waals surface area contributed by atoms with Crippen molar-refractivity contribution in [3.8, 4) is 5.75 Å². The topological polar surface area (TPSA) is 49.3 Å². The Balaban J connectivity index is 0.00000320. The fourth-order valence-corrected chi connectivity index (χ4v) is 4.14. The van der Waals surface area contributed by atoms with Gasteiger partial charge in [-0.25, -0.2) is 4.99 Å². The second-order valence-corrected chi connectivity index (χ2v) is 8.29. The number of aliphatic imine (C=N–C) groups is 1. The molecule has 30 heavy (non-hydrogen) atoms. The third-order valence-electron chi connectivity index (χ3n) is 5.69. The number of para-hydroxylation sites is 1. The molecule has 170 valence electrons. The molecule has 1 N–H and O–H groups in total. The van der Waals surface area contributed by atoms with Crippen molar-refractivity contribution in [3.63, 3.8) is 0 Å². The number of nitrogens with zero attached hydrogens (tertiary/aromatic N) is 3. The van der Waals surface area contributed by atoms with E-state index in [2.05, 4.69) is 54.1 Å². The van der Waals surface area contributed by atoms with Crippen LogP contribution in [0.5, 0.6) is 5.75 Å². The molecule has 0 radical (unpaired) electrons. The molecule has 0 spiro atoms. The Labute approximate surface area is 199 Å². The van der Waals surface area contributed by atoms with Gasteiger partial charge in [0.05, 0.1) is 19.8 Å². The zero-order valence-electron chi connectivity index (χ0n) is 18.8. The summed E-state index contributed by atoms with van der Waals surface area (Å²) in [5.74, 6) is 3.18. The molecule has 7 heteroatoms. The van der Waals surface area contributed by atoms with Gasteiger partial charge in [0.1, 0.15) is 12.4 Å². The Morgan fingerprint density at radius 2 is 2.00 bits per heavy atom. The molecule has 3 rings (SSSR count). The Morgan fingerprint density at radius 1 is 1.23 bits per heavy atom. The number of morpholine rings is 1. The maximum atomic E-state index is 6.04. The van der Waals surface area contributed by atoms with Crippen LogP contribution in [0, 0.1) is 5.92 Å². The van der Waals surface area contributed by atoms with Gasteiger partial charge in [0.15, 0.2) is 5.96 Å². The van der Waals surface area contributed by atoms with Crippen LogP contribution < -0.4 is 10.1 Å². The summed E-state index contributed by atoms with van der Waals surface area (Å²) in [6.45, 7) is 15.9. The summed E-state index contributed by atoms with van der Waals surface area (Å²) in [5.41, 5.74) is 1.26. The van der Waals surface area contributed by atoms with Gasteiger partial charge < -0.3 is 19.7 Å². The Kier molecular flexibility index (Phi) is 11.2. The van der Waals surface area contributed by atoms with Crippen molar-refractivity contribution in [1.82, 2.24) is 15.1 Å². The van der Waals surface area contributed by atoms with E-state index in [1.54, 1.807) is 0 Å². The van der Waals surface area contributed by atoms with Crippen LogP contribution >= 0.6 is 24.0 Å². The number of halogens is 1. The highest BCUT2D eigenvalue weighted by atomic mass is 127. The van der Waals surface area contributed by atoms with E-state index in [1.165, 1.54) is 18.5 Å². The van der Waals surface area contributed by atoms with Crippen molar-refractivity contribution >= 4 is 29.9 Å². The Morgan fingerprint density at radius 3 is 2.73 bits per heavy atom. The molecule has 2 aliphatic heterocycles. The number of rotatable bonds is 8. The summed E-state index contributed by atoms with van der Waals surface area (Å²) in [4.78, 5) is 9.80. The summed E-state index contributed by atoms with van der Waals surface area (Å²) < 4.78 is 11.5. The average molecular weight is 530 g/mol. The van der Waals surface area contributed by atoms with Gasteiger partial charge in [-0.2, -0.15) is 0 Å². The maximum Gasteiger partial charge on any atom is 0.194 e. The van der Waals surface area contributed by atoms with Gasteiger partial charge in [0, 0.05) is 39.3 Å². The first-order chi connectivity index (χ1) is 14.2. The number of likely N-dealkylation sites (tertiary alicyclic amines) is 1. The van der Waals surface area contributed by atoms with E-state index in [4.69, 9.17) is 14.5 Å². The van der Waals surface area contributed by atoms with Gasteiger partial charge in [-0.15, -0.1) is 24.0 Å². The first-order valence-electron chi connectivity index (χ1n) is 11.2. The standard InChI is InChI=1S/C23H38N4O2.HI/c1-4-24-23(25-10-14-29-22-8-6-5-7-21(22)19(2)3)27-11-9-20(18-27)17-26-12-15-28-16-13-26;/h5-8,19-20H,4,9-18H2,1-3H3,(H,24,25);1H. The van der Waals surface area contributed by atoms with Crippen molar-refractivity contribution in [1.29, 1.82) is 0 Å². The minimum Gasteiger partial charge on any atom is -0.491 e. The van der Waals surface area contributed by atoms with Gasteiger partial charge in [0.25, 0.3) is 0 Å². The minimum atomic E-state index is 0. The van der Waals surface area contributed by atoms with Gasteiger partial charge >= 0.3 is 0 Å². The average Bonchev–Trinajstić information content (AvgIpc) is 3.19. The molecular formula is C23H39IN4O2. The SMILES string of the molecule is CCNC(=NCCOc1ccccc1C(C)C)N1CCC(CN2CCOCC2)C1.I. The number of benzene rings is 1. The lowest BCUT2D eigenvalue weighted by Gasteiger charge is -2.29. The first-order valence-corrected chi connectivity index (χ1v) is 11.2. The zero-order chi connectivity index (χ0) is 20.5. The lowest BCUT2D eigenvalue weighted by molar-refractivity contribution is 0.0315. The fraction of sp³-hybridized carbons (Fsp3) is 0.696. The van der Waals surface area contributed by atoms with Crippen LogP contribution in [0.15, 0.2) is 29.3 Å². The fourth-order valence-electron chi connectivity index (χ4n) is 4.14. The van der Waals surface area contributed by atoms with Crippen LogP contribution in [0.25, 0.3) is 0 Å².